The van der Waals surface area contributed by atoms with E-state index in [1.807, 2.05) is 0 Å². The van der Waals surface area contributed by atoms with Gasteiger partial charge in [0.05, 0.1) is 5.92 Å². The maximum Gasteiger partial charge on any atom is 0.225 e. The van der Waals surface area contributed by atoms with Crippen molar-refractivity contribution in [2.75, 3.05) is 31.1 Å². The van der Waals surface area contributed by atoms with Crippen LogP contribution in [0.5, 0.6) is 0 Å². The number of likely N-dealkylation sites (tertiary alicyclic amines) is 1. The van der Waals surface area contributed by atoms with E-state index in [4.69, 9.17) is 4.98 Å². The van der Waals surface area contributed by atoms with E-state index in [1.54, 1.807) is 6.33 Å². The number of benzene rings is 1. The van der Waals surface area contributed by atoms with E-state index in [0.29, 0.717) is 6.54 Å². The minimum atomic E-state index is -0.00782. The summed E-state index contributed by atoms with van der Waals surface area (Å²) in [6.07, 6.45) is 10.2. The second-order valence-corrected chi connectivity index (χ2v) is 10.7. The molecule has 2 fully saturated rings. The predicted octanol–water partition coefficient (Wildman–Crippen LogP) is 3.55. The molecule has 1 atom stereocenters. The van der Waals surface area contributed by atoms with Crippen LogP contribution < -0.4 is 10.2 Å². The van der Waals surface area contributed by atoms with Gasteiger partial charge in [0, 0.05) is 51.7 Å². The lowest BCUT2D eigenvalue weighted by atomic mass is 9.95. The molecule has 36 heavy (non-hydrogen) atoms. The summed E-state index contributed by atoms with van der Waals surface area (Å²) < 4.78 is 2.28. The van der Waals surface area contributed by atoms with E-state index in [0.717, 1.165) is 87.6 Å². The number of carbonyl (C=O) groups excluding carboxylic acids is 1. The number of rotatable bonds is 5. The van der Waals surface area contributed by atoms with Crippen LogP contribution in [0.1, 0.15) is 56.3 Å². The van der Waals surface area contributed by atoms with Gasteiger partial charge in [0.25, 0.3) is 0 Å². The molecule has 6 rings (SSSR count). The van der Waals surface area contributed by atoms with Gasteiger partial charge in [-0.25, -0.2) is 15.0 Å². The number of hydrogen-bond acceptors (Lipinski definition) is 6. The van der Waals surface area contributed by atoms with Crippen molar-refractivity contribution in [3.8, 4) is 0 Å². The van der Waals surface area contributed by atoms with Crippen molar-refractivity contribution in [1.82, 2.24) is 29.7 Å². The third-order valence-corrected chi connectivity index (χ3v) is 8.15. The minimum absolute atomic E-state index is 0.00782. The Kier molecular flexibility index (Phi) is 6.86. The first-order valence-corrected chi connectivity index (χ1v) is 13.8. The summed E-state index contributed by atoms with van der Waals surface area (Å²) in [6, 6.07) is 10.9. The highest BCUT2D eigenvalue weighted by Gasteiger charge is 2.31. The molecule has 0 saturated carbocycles. The molecule has 0 radical (unpaired) electrons. The van der Waals surface area contributed by atoms with Gasteiger partial charge in [-0.15, -0.1) is 0 Å². The Morgan fingerprint density at radius 1 is 0.944 bits per heavy atom. The van der Waals surface area contributed by atoms with Crippen LogP contribution in [0, 0.1) is 5.92 Å². The van der Waals surface area contributed by atoms with E-state index in [2.05, 4.69) is 60.0 Å². The standard InChI is InChI=1S/C28H37N7O/c36-28(31-23-12-16-33(17-13-23)18-21-8-3-1-4-9-21)22-10-7-14-34(19-22)26-25-27(30-20-29-26)35-15-6-2-5-11-24(35)32-25/h1,3-4,8-9,20,22-23H,2,5-7,10-19H2,(H,31,36)/t22-/m1/s1. The van der Waals surface area contributed by atoms with Gasteiger partial charge >= 0.3 is 0 Å². The van der Waals surface area contributed by atoms with Gasteiger partial charge in [-0.05, 0) is 44.1 Å². The van der Waals surface area contributed by atoms with Crippen LogP contribution in [0.2, 0.25) is 0 Å². The zero-order chi connectivity index (χ0) is 24.3. The fourth-order valence-electron chi connectivity index (χ4n) is 6.14. The summed E-state index contributed by atoms with van der Waals surface area (Å²) in [4.78, 5) is 32.3. The molecule has 0 spiro atoms. The normalized spacial score (nSPS) is 21.8. The highest BCUT2D eigenvalue weighted by atomic mass is 16.2. The molecule has 0 aliphatic carbocycles. The molecule has 3 aliphatic rings. The maximum atomic E-state index is 13.3. The summed E-state index contributed by atoms with van der Waals surface area (Å²) in [6.45, 7) is 5.64. The molecule has 1 aromatic carbocycles. The van der Waals surface area contributed by atoms with E-state index in [-0.39, 0.29) is 17.9 Å². The second kappa shape index (κ2) is 10.5. The van der Waals surface area contributed by atoms with Crippen LogP contribution >= 0.6 is 0 Å². The molecule has 8 nitrogen and oxygen atoms in total. The zero-order valence-corrected chi connectivity index (χ0v) is 21.1. The third kappa shape index (κ3) is 4.96. The lowest BCUT2D eigenvalue weighted by molar-refractivity contribution is -0.126. The largest absolute Gasteiger partial charge is 0.354 e. The van der Waals surface area contributed by atoms with Crippen molar-refractivity contribution in [2.24, 2.45) is 5.92 Å². The van der Waals surface area contributed by atoms with Gasteiger partial charge in [-0.2, -0.15) is 0 Å². The Labute approximate surface area is 213 Å². The Hall–Kier alpha value is -3.00. The number of imidazole rings is 1. The maximum absolute atomic E-state index is 13.3. The molecule has 1 amide bonds. The van der Waals surface area contributed by atoms with Gasteiger partial charge in [0.1, 0.15) is 12.2 Å². The van der Waals surface area contributed by atoms with Crippen molar-refractivity contribution >= 4 is 22.9 Å². The topological polar surface area (TPSA) is 79.2 Å². The lowest BCUT2D eigenvalue weighted by Crippen LogP contribution is -2.49. The Bertz CT molecular complexity index is 1190. The Morgan fingerprint density at radius 2 is 1.81 bits per heavy atom. The van der Waals surface area contributed by atoms with Crippen LogP contribution in [0.15, 0.2) is 36.7 Å². The van der Waals surface area contributed by atoms with E-state index >= 15 is 0 Å². The Morgan fingerprint density at radius 3 is 2.67 bits per heavy atom. The predicted molar refractivity (Wildman–Crippen MR) is 141 cm³/mol. The number of nitrogens with one attached hydrogen (secondary N) is 1. The van der Waals surface area contributed by atoms with E-state index in [1.165, 1.54) is 24.8 Å². The van der Waals surface area contributed by atoms with Crippen LogP contribution in [0.3, 0.4) is 0 Å². The first kappa shape index (κ1) is 23.4. The first-order chi connectivity index (χ1) is 17.7. The van der Waals surface area contributed by atoms with Crippen molar-refractivity contribution in [3.05, 3.63) is 48.0 Å². The number of aryl methyl sites for hydroxylation is 2. The average Bonchev–Trinajstić information content (AvgIpc) is 3.11. The molecule has 0 unspecified atom stereocenters. The SMILES string of the molecule is O=C(NC1CCN(Cc2ccccc2)CC1)[C@@H]1CCCN(c2ncnc3c2nc2n3CCCCC2)C1. The number of hydrogen-bond donors (Lipinski definition) is 1. The number of aromatic nitrogens is 4. The smallest absolute Gasteiger partial charge is 0.225 e. The quantitative estimate of drug-likeness (QED) is 0.593. The molecule has 8 heteroatoms. The number of piperidine rings is 2. The molecule has 0 bridgehead atoms. The van der Waals surface area contributed by atoms with Gasteiger partial charge in [0.15, 0.2) is 17.0 Å². The summed E-state index contributed by atoms with van der Waals surface area (Å²) >= 11 is 0. The highest BCUT2D eigenvalue weighted by molar-refractivity contribution is 5.85. The fraction of sp³-hybridized carbons (Fsp3) is 0.571. The molecule has 190 valence electrons. The van der Waals surface area contributed by atoms with Crippen LogP contribution in [0.25, 0.3) is 11.2 Å². The van der Waals surface area contributed by atoms with Gasteiger partial charge in [0.2, 0.25) is 5.91 Å². The molecular weight excluding hydrogens is 450 g/mol. The molecule has 5 heterocycles. The third-order valence-electron chi connectivity index (χ3n) is 8.15. The summed E-state index contributed by atoms with van der Waals surface area (Å²) in [7, 11) is 0. The van der Waals surface area contributed by atoms with Crippen LogP contribution in [0.4, 0.5) is 5.82 Å². The van der Waals surface area contributed by atoms with Gasteiger partial charge < -0.3 is 14.8 Å². The van der Waals surface area contributed by atoms with Crippen molar-refractivity contribution in [1.29, 1.82) is 0 Å². The Balaban J connectivity index is 1.07. The van der Waals surface area contributed by atoms with E-state index in [9.17, 15) is 4.79 Å². The van der Waals surface area contributed by atoms with Crippen LogP contribution in [-0.2, 0) is 24.3 Å². The fourth-order valence-corrected chi connectivity index (χ4v) is 6.14. The zero-order valence-electron chi connectivity index (χ0n) is 21.1. The molecule has 2 aromatic heterocycles. The second-order valence-electron chi connectivity index (χ2n) is 10.7. The number of amides is 1. The molecule has 3 aromatic rings. The molecule has 3 aliphatic heterocycles. The van der Waals surface area contributed by atoms with Crippen LogP contribution in [-0.4, -0.2) is 62.5 Å². The number of fused-ring (bicyclic) bond motifs is 3. The van der Waals surface area contributed by atoms with Crippen molar-refractivity contribution < 1.29 is 4.79 Å². The average molecular weight is 488 g/mol. The lowest BCUT2D eigenvalue weighted by Gasteiger charge is -2.35. The van der Waals surface area contributed by atoms with Gasteiger partial charge in [-0.1, -0.05) is 36.8 Å². The summed E-state index contributed by atoms with van der Waals surface area (Å²) in [5.41, 5.74) is 3.21. The van der Waals surface area contributed by atoms with Crippen molar-refractivity contribution in [2.45, 2.75) is 70.5 Å². The van der Waals surface area contributed by atoms with E-state index < -0.39 is 0 Å². The number of anilines is 1. The number of nitrogens with zero attached hydrogens (tertiary/aromatic N) is 6. The highest BCUT2D eigenvalue weighted by Crippen LogP contribution is 2.29. The van der Waals surface area contributed by atoms with Crippen molar-refractivity contribution in [3.63, 3.8) is 0 Å². The number of carbonyl (C=O) groups is 1. The molecular formula is C28H37N7O. The minimum Gasteiger partial charge on any atom is -0.354 e. The first-order valence-electron chi connectivity index (χ1n) is 13.8. The van der Waals surface area contributed by atoms with Gasteiger partial charge in [-0.3, -0.25) is 9.69 Å². The summed E-state index contributed by atoms with van der Waals surface area (Å²) in [5, 5.41) is 3.38. The monoisotopic (exact) mass is 487 g/mol. The molecule has 2 saturated heterocycles. The summed E-state index contributed by atoms with van der Waals surface area (Å²) in [5.74, 6) is 2.22. The molecule has 1 N–H and O–H groups in total.